The minimum Gasteiger partial charge on any atom is -0.373 e. The Balaban J connectivity index is 2.15. The summed E-state index contributed by atoms with van der Waals surface area (Å²) in [5.41, 5.74) is 6.08. The second-order valence-electron chi connectivity index (χ2n) is 4.57. The molecule has 1 aromatic heterocycles. The van der Waals surface area contributed by atoms with E-state index in [1.165, 1.54) is 0 Å². The van der Waals surface area contributed by atoms with Gasteiger partial charge >= 0.3 is 0 Å². The lowest BCUT2D eigenvalue weighted by Crippen LogP contribution is -2.17. The van der Waals surface area contributed by atoms with Gasteiger partial charge in [-0.15, -0.1) is 0 Å². The van der Waals surface area contributed by atoms with E-state index in [-0.39, 0.29) is 5.91 Å². The van der Waals surface area contributed by atoms with Gasteiger partial charge in [-0.1, -0.05) is 0 Å². The number of carbonyl (C=O) groups is 1. The van der Waals surface area contributed by atoms with Crippen LogP contribution in [0, 0.1) is 6.92 Å². The topological polar surface area (TPSA) is 92.9 Å². The van der Waals surface area contributed by atoms with E-state index in [9.17, 15) is 4.79 Å². The van der Waals surface area contributed by atoms with E-state index < -0.39 is 0 Å². The predicted octanol–water partition coefficient (Wildman–Crippen LogP) is 0.991. The van der Waals surface area contributed by atoms with Crippen molar-refractivity contribution in [2.24, 2.45) is 5.73 Å². The van der Waals surface area contributed by atoms with Crippen LogP contribution >= 0.6 is 0 Å². The first kappa shape index (κ1) is 12.6. The van der Waals surface area contributed by atoms with Gasteiger partial charge < -0.3 is 16.4 Å². The fourth-order valence-corrected chi connectivity index (χ4v) is 1.78. The minimum absolute atomic E-state index is 0.303. The van der Waals surface area contributed by atoms with Crippen LogP contribution in [-0.4, -0.2) is 29.5 Å². The minimum atomic E-state index is -0.314. The molecular weight excluding hydrogens is 230 g/mol. The molecule has 1 aliphatic carbocycles. The highest BCUT2D eigenvalue weighted by Crippen LogP contribution is 2.39. The number of primary amides is 1. The maximum Gasteiger partial charge on any atom is 0.219 e. The lowest BCUT2D eigenvalue weighted by molar-refractivity contribution is -0.117. The highest BCUT2D eigenvalue weighted by molar-refractivity contribution is 5.74. The molecule has 0 bridgehead atoms. The van der Waals surface area contributed by atoms with Crippen LogP contribution in [0.2, 0.25) is 0 Å². The maximum atomic E-state index is 10.7. The lowest BCUT2D eigenvalue weighted by Gasteiger charge is -2.13. The molecule has 1 saturated carbocycles. The summed E-state index contributed by atoms with van der Waals surface area (Å²) in [4.78, 5) is 19.7. The Bertz CT molecular complexity index is 456. The van der Waals surface area contributed by atoms with Crippen molar-refractivity contribution in [3.63, 3.8) is 0 Å². The average Bonchev–Trinajstić information content (AvgIpc) is 3.15. The normalized spacial score (nSPS) is 14.3. The van der Waals surface area contributed by atoms with Gasteiger partial charge in [-0.25, -0.2) is 9.97 Å². The predicted molar refractivity (Wildman–Crippen MR) is 70.6 cm³/mol. The summed E-state index contributed by atoms with van der Waals surface area (Å²) in [7, 11) is 1.85. The quantitative estimate of drug-likeness (QED) is 0.699. The molecule has 0 aliphatic heterocycles. The third kappa shape index (κ3) is 2.88. The molecule has 2 rings (SSSR count). The lowest BCUT2D eigenvalue weighted by atomic mass is 10.2. The van der Waals surface area contributed by atoms with Crippen LogP contribution in [0.25, 0.3) is 0 Å². The van der Waals surface area contributed by atoms with Crippen LogP contribution in [0.5, 0.6) is 0 Å². The molecule has 18 heavy (non-hydrogen) atoms. The van der Waals surface area contributed by atoms with Crippen molar-refractivity contribution >= 4 is 17.5 Å². The van der Waals surface area contributed by atoms with E-state index in [0.29, 0.717) is 18.9 Å². The molecule has 0 saturated heterocycles. The molecule has 1 fully saturated rings. The largest absolute Gasteiger partial charge is 0.373 e. The second-order valence-corrected chi connectivity index (χ2v) is 4.57. The first-order chi connectivity index (χ1) is 8.61. The standard InChI is InChI=1S/C12H19N5O/c1-7-10(14-2)16-12(8-3-4-8)17-11(7)15-6-5-9(13)18/h8H,3-6H2,1-2H3,(H2,13,18)(H2,14,15,16,17). The van der Waals surface area contributed by atoms with Gasteiger partial charge in [0.2, 0.25) is 5.91 Å². The zero-order valence-corrected chi connectivity index (χ0v) is 10.8. The molecule has 1 amide bonds. The molecule has 0 radical (unpaired) electrons. The van der Waals surface area contributed by atoms with Crippen LogP contribution in [-0.2, 0) is 4.79 Å². The zero-order chi connectivity index (χ0) is 13.1. The van der Waals surface area contributed by atoms with Gasteiger partial charge in [-0.2, -0.15) is 0 Å². The Morgan fingerprint density at radius 3 is 2.61 bits per heavy atom. The van der Waals surface area contributed by atoms with Crippen LogP contribution < -0.4 is 16.4 Å². The molecule has 1 heterocycles. The summed E-state index contributed by atoms with van der Waals surface area (Å²) >= 11 is 0. The van der Waals surface area contributed by atoms with Crippen molar-refractivity contribution in [3.8, 4) is 0 Å². The molecule has 6 nitrogen and oxygen atoms in total. The summed E-state index contributed by atoms with van der Waals surface area (Å²) in [6, 6.07) is 0. The van der Waals surface area contributed by atoms with E-state index in [1.54, 1.807) is 0 Å². The Kier molecular flexibility index (Phi) is 3.64. The van der Waals surface area contributed by atoms with Gasteiger partial charge in [0.25, 0.3) is 0 Å². The molecule has 1 aliphatic rings. The van der Waals surface area contributed by atoms with E-state index in [2.05, 4.69) is 20.6 Å². The fourth-order valence-electron chi connectivity index (χ4n) is 1.78. The molecule has 0 unspecified atom stereocenters. The maximum absolute atomic E-state index is 10.7. The number of hydrogen-bond donors (Lipinski definition) is 3. The summed E-state index contributed by atoms with van der Waals surface area (Å²) in [6.07, 6.45) is 2.62. The third-order valence-corrected chi connectivity index (χ3v) is 3.01. The monoisotopic (exact) mass is 249 g/mol. The van der Waals surface area contributed by atoms with Crippen molar-refractivity contribution < 1.29 is 4.79 Å². The van der Waals surface area contributed by atoms with E-state index in [0.717, 1.165) is 35.9 Å². The van der Waals surface area contributed by atoms with Gasteiger partial charge in [0.05, 0.1) is 0 Å². The summed E-state index contributed by atoms with van der Waals surface area (Å²) in [5.74, 6) is 2.69. The summed E-state index contributed by atoms with van der Waals surface area (Å²) in [5, 5.41) is 6.23. The van der Waals surface area contributed by atoms with E-state index >= 15 is 0 Å². The Morgan fingerprint density at radius 1 is 1.39 bits per heavy atom. The number of nitrogens with zero attached hydrogens (tertiary/aromatic N) is 2. The SMILES string of the molecule is CNc1nc(C2CC2)nc(NCCC(N)=O)c1C. The van der Waals surface area contributed by atoms with Gasteiger partial charge in [-0.3, -0.25) is 4.79 Å². The van der Waals surface area contributed by atoms with E-state index in [1.807, 2.05) is 14.0 Å². The molecular formula is C12H19N5O. The van der Waals surface area contributed by atoms with E-state index in [4.69, 9.17) is 5.73 Å². The molecule has 0 spiro atoms. The third-order valence-electron chi connectivity index (χ3n) is 3.01. The number of nitrogens with one attached hydrogen (secondary N) is 2. The van der Waals surface area contributed by atoms with Crippen LogP contribution in [0.15, 0.2) is 0 Å². The molecule has 6 heteroatoms. The van der Waals surface area contributed by atoms with Crippen molar-refractivity contribution in [1.82, 2.24) is 9.97 Å². The van der Waals surface area contributed by atoms with Crippen molar-refractivity contribution in [1.29, 1.82) is 0 Å². The number of amides is 1. The number of aromatic nitrogens is 2. The first-order valence-electron chi connectivity index (χ1n) is 6.20. The molecule has 1 aromatic rings. The van der Waals surface area contributed by atoms with Crippen LogP contribution in [0.4, 0.5) is 11.6 Å². The van der Waals surface area contributed by atoms with Crippen molar-refractivity contribution in [3.05, 3.63) is 11.4 Å². The van der Waals surface area contributed by atoms with Gasteiger partial charge in [0.1, 0.15) is 17.5 Å². The van der Waals surface area contributed by atoms with Crippen LogP contribution in [0.3, 0.4) is 0 Å². The number of carbonyl (C=O) groups excluding carboxylic acids is 1. The summed E-state index contributed by atoms with van der Waals surface area (Å²) in [6.45, 7) is 2.45. The second kappa shape index (κ2) is 5.20. The Labute approximate surface area is 106 Å². The number of hydrogen-bond acceptors (Lipinski definition) is 5. The highest BCUT2D eigenvalue weighted by Gasteiger charge is 2.28. The number of anilines is 2. The van der Waals surface area contributed by atoms with Crippen molar-refractivity contribution in [2.75, 3.05) is 24.2 Å². The summed E-state index contributed by atoms with van der Waals surface area (Å²) < 4.78 is 0. The van der Waals surface area contributed by atoms with Gasteiger partial charge in [0, 0.05) is 31.5 Å². The van der Waals surface area contributed by atoms with Crippen LogP contribution in [0.1, 0.15) is 36.6 Å². The molecule has 98 valence electrons. The highest BCUT2D eigenvalue weighted by atomic mass is 16.1. The van der Waals surface area contributed by atoms with Gasteiger partial charge in [-0.05, 0) is 19.8 Å². The molecule has 0 atom stereocenters. The zero-order valence-electron chi connectivity index (χ0n) is 10.8. The Hall–Kier alpha value is -1.85. The number of rotatable bonds is 6. The first-order valence-corrected chi connectivity index (χ1v) is 6.20. The van der Waals surface area contributed by atoms with Crippen molar-refractivity contribution in [2.45, 2.75) is 32.1 Å². The smallest absolute Gasteiger partial charge is 0.219 e. The van der Waals surface area contributed by atoms with Gasteiger partial charge in [0.15, 0.2) is 0 Å². The number of nitrogens with two attached hydrogens (primary N) is 1. The average molecular weight is 249 g/mol. The molecule has 0 aromatic carbocycles. The fraction of sp³-hybridized carbons (Fsp3) is 0.583. The Morgan fingerprint density at radius 2 is 2.06 bits per heavy atom. The molecule has 4 N–H and O–H groups in total.